The number of fused-ring (bicyclic) bond motifs is 1. The van der Waals surface area contributed by atoms with Gasteiger partial charge in [0, 0.05) is 14.3 Å². The van der Waals surface area contributed by atoms with Crippen LogP contribution in [0.3, 0.4) is 0 Å². The van der Waals surface area contributed by atoms with Crippen LogP contribution in [0.2, 0.25) is 0 Å². The van der Waals surface area contributed by atoms with E-state index in [1.54, 1.807) is 0 Å². The first-order valence-electron chi connectivity index (χ1n) is 6.85. The molecule has 2 nitrogen and oxygen atoms in total. The average Bonchev–Trinajstić information content (AvgIpc) is 2.95. The first-order valence-corrected chi connectivity index (χ1v) is 8.54. The van der Waals surface area contributed by atoms with Gasteiger partial charge >= 0.3 is 0 Å². The molecule has 3 N–H and O–H groups in total. The lowest BCUT2D eigenvalue weighted by molar-refractivity contribution is 0.495. The van der Waals surface area contributed by atoms with E-state index in [0.29, 0.717) is 11.8 Å². The summed E-state index contributed by atoms with van der Waals surface area (Å²) in [4.78, 5) is 1.37. The highest BCUT2D eigenvalue weighted by molar-refractivity contribution is 7.26. The first kappa shape index (κ1) is 12.5. The van der Waals surface area contributed by atoms with Crippen molar-refractivity contribution in [1.82, 2.24) is 5.43 Å². The van der Waals surface area contributed by atoms with Crippen molar-refractivity contribution in [2.45, 2.75) is 18.4 Å². The number of rotatable bonds is 4. The molecule has 4 heteroatoms. The molecule has 2 heterocycles. The molecule has 102 valence electrons. The van der Waals surface area contributed by atoms with Crippen molar-refractivity contribution in [3.05, 3.63) is 58.3 Å². The lowest BCUT2D eigenvalue weighted by Gasteiger charge is -2.14. The smallest absolute Gasteiger partial charge is 0.0588 e. The van der Waals surface area contributed by atoms with E-state index in [1.165, 1.54) is 26.3 Å². The number of nitrogens with two attached hydrogens (primary N) is 1. The predicted octanol–water partition coefficient (Wildman–Crippen LogP) is 4.27. The number of nitrogens with one attached hydrogen (secondary N) is 1. The van der Waals surface area contributed by atoms with Crippen molar-refractivity contribution >= 4 is 32.1 Å². The van der Waals surface area contributed by atoms with E-state index in [1.807, 2.05) is 22.7 Å². The zero-order chi connectivity index (χ0) is 13.5. The molecule has 1 saturated carbocycles. The predicted molar refractivity (Wildman–Crippen MR) is 87.1 cm³/mol. The Labute approximate surface area is 126 Å². The monoisotopic (exact) mass is 300 g/mol. The molecular weight excluding hydrogens is 284 g/mol. The molecule has 1 aliphatic carbocycles. The molecule has 0 spiro atoms. The number of hydrogen-bond donors (Lipinski definition) is 2. The van der Waals surface area contributed by atoms with Gasteiger partial charge in [-0.1, -0.05) is 30.3 Å². The summed E-state index contributed by atoms with van der Waals surface area (Å²) in [5, 5.41) is 2.15. The van der Waals surface area contributed by atoms with Crippen LogP contribution in [0.25, 0.3) is 9.40 Å². The second-order valence-electron chi connectivity index (χ2n) is 5.36. The molecule has 20 heavy (non-hydrogen) atoms. The van der Waals surface area contributed by atoms with Gasteiger partial charge in [-0.25, -0.2) is 0 Å². The minimum atomic E-state index is 0.282. The number of benzene rings is 1. The van der Waals surface area contributed by atoms with Crippen molar-refractivity contribution < 1.29 is 0 Å². The summed E-state index contributed by atoms with van der Waals surface area (Å²) in [6.45, 7) is 0. The van der Waals surface area contributed by atoms with E-state index in [2.05, 4.69) is 53.3 Å². The average molecular weight is 300 g/mol. The molecule has 1 fully saturated rings. The molecule has 1 aromatic carbocycles. The maximum Gasteiger partial charge on any atom is 0.0588 e. The van der Waals surface area contributed by atoms with Gasteiger partial charge in [0.25, 0.3) is 0 Å². The fourth-order valence-corrected chi connectivity index (χ4v) is 5.28. The van der Waals surface area contributed by atoms with Crippen LogP contribution in [0.4, 0.5) is 0 Å². The summed E-state index contributed by atoms with van der Waals surface area (Å²) >= 11 is 3.68. The third-order valence-electron chi connectivity index (χ3n) is 4.14. The zero-order valence-electron chi connectivity index (χ0n) is 11.0. The van der Waals surface area contributed by atoms with E-state index in [9.17, 15) is 0 Å². The lowest BCUT2D eigenvalue weighted by Crippen LogP contribution is -2.29. The summed E-state index contributed by atoms with van der Waals surface area (Å²) in [6.07, 6.45) is 1.23. The maximum absolute atomic E-state index is 5.84. The molecule has 1 aliphatic rings. The quantitative estimate of drug-likeness (QED) is 0.558. The summed E-state index contributed by atoms with van der Waals surface area (Å²) < 4.78 is 2.75. The fourth-order valence-electron chi connectivity index (χ4n) is 3.02. The summed E-state index contributed by atoms with van der Waals surface area (Å²) in [6, 6.07) is 15.6. The lowest BCUT2D eigenvalue weighted by atomic mass is 10.0. The molecule has 0 saturated heterocycles. The van der Waals surface area contributed by atoms with Crippen molar-refractivity contribution in [1.29, 1.82) is 0 Å². The van der Waals surface area contributed by atoms with Gasteiger partial charge < -0.3 is 0 Å². The van der Waals surface area contributed by atoms with Crippen molar-refractivity contribution in [3.63, 3.8) is 0 Å². The molecule has 3 atom stereocenters. The summed E-state index contributed by atoms with van der Waals surface area (Å²) in [7, 11) is 0. The molecule has 0 aliphatic heterocycles. The topological polar surface area (TPSA) is 38.0 Å². The minimum Gasteiger partial charge on any atom is -0.271 e. The number of hydrazine groups is 1. The Morgan fingerprint density at radius 1 is 1.15 bits per heavy atom. The standard InChI is InChI=1S/C16H16N2S2/c17-18-16(15-9-14-13(20-15)6-7-19-14)12-8-11(12)10-4-2-1-3-5-10/h1-7,9,11-12,16,18H,8,17H2. The van der Waals surface area contributed by atoms with Crippen LogP contribution >= 0.6 is 22.7 Å². The fraction of sp³-hybridized carbons (Fsp3) is 0.250. The van der Waals surface area contributed by atoms with Crippen molar-refractivity contribution in [2.24, 2.45) is 11.8 Å². The number of hydrogen-bond acceptors (Lipinski definition) is 4. The molecule has 3 unspecified atom stereocenters. The van der Waals surface area contributed by atoms with Gasteiger partial charge in [-0.3, -0.25) is 11.3 Å². The van der Waals surface area contributed by atoms with E-state index in [4.69, 9.17) is 5.84 Å². The highest BCUT2D eigenvalue weighted by atomic mass is 32.1. The van der Waals surface area contributed by atoms with Gasteiger partial charge in [0.05, 0.1) is 6.04 Å². The Balaban J connectivity index is 1.59. The second-order valence-corrected chi connectivity index (χ2v) is 7.42. The third-order valence-corrected chi connectivity index (χ3v) is 6.32. The highest BCUT2D eigenvalue weighted by Gasteiger charge is 2.44. The van der Waals surface area contributed by atoms with Gasteiger partial charge in [0.1, 0.15) is 0 Å². The Kier molecular flexibility index (Phi) is 3.11. The second kappa shape index (κ2) is 4.97. The summed E-state index contributed by atoms with van der Waals surface area (Å²) in [5.41, 5.74) is 4.49. The Hall–Kier alpha value is -1.20. The van der Waals surface area contributed by atoms with Crippen LogP contribution in [0, 0.1) is 5.92 Å². The molecule has 2 aromatic heterocycles. The normalized spacial score (nSPS) is 23.1. The van der Waals surface area contributed by atoms with Gasteiger partial charge in [-0.2, -0.15) is 0 Å². The summed E-state index contributed by atoms with van der Waals surface area (Å²) in [5.74, 6) is 7.11. The van der Waals surface area contributed by atoms with Gasteiger partial charge in [0.15, 0.2) is 0 Å². The maximum atomic E-state index is 5.84. The molecular formula is C16H16N2S2. The van der Waals surface area contributed by atoms with E-state index in [0.717, 1.165) is 0 Å². The molecule has 0 amide bonds. The van der Waals surface area contributed by atoms with Gasteiger partial charge in [-0.05, 0) is 41.3 Å². The third kappa shape index (κ3) is 2.09. The Bertz CT molecular complexity index is 688. The van der Waals surface area contributed by atoms with Crippen LogP contribution in [0.1, 0.15) is 28.8 Å². The Morgan fingerprint density at radius 2 is 2.00 bits per heavy atom. The molecule has 4 rings (SSSR count). The van der Waals surface area contributed by atoms with Crippen LogP contribution in [0.15, 0.2) is 47.8 Å². The van der Waals surface area contributed by atoms with Crippen molar-refractivity contribution in [3.8, 4) is 0 Å². The van der Waals surface area contributed by atoms with Gasteiger partial charge in [0.2, 0.25) is 0 Å². The van der Waals surface area contributed by atoms with Gasteiger partial charge in [-0.15, -0.1) is 22.7 Å². The van der Waals surface area contributed by atoms with Crippen LogP contribution in [-0.4, -0.2) is 0 Å². The van der Waals surface area contributed by atoms with Crippen LogP contribution in [-0.2, 0) is 0 Å². The SMILES string of the molecule is NNC(c1cc2sccc2s1)C1CC1c1ccccc1. The first-order chi connectivity index (χ1) is 9.86. The zero-order valence-corrected chi connectivity index (χ0v) is 12.6. The van der Waals surface area contributed by atoms with E-state index < -0.39 is 0 Å². The largest absolute Gasteiger partial charge is 0.271 e. The van der Waals surface area contributed by atoms with Crippen molar-refractivity contribution in [2.75, 3.05) is 0 Å². The van der Waals surface area contributed by atoms with E-state index >= 15 is 0 Å². The molecule has 0 radical (unpaired) electrons. The Morgan fingerprint density at radius 3 is 2.75 bits per heavy atom. The molecule has 0 bridgehead atoms. The minimum absolute atomic E-state index is 0.282. The van der Waals surface area contributed by atoms with Crippen LogP contribution < -0.4 is 11.3 Å². The molecule has 3 aromatic rings. The highest BCUT2D eigenvalue weighted by Crippen LogP contribution is 2.55. The van der Waals surface area contributed by atoms with Crippen LogP contribution in [0.5, 0.6) is 0 Å². The number of thiophene rings is 2. The van der Waals surface area contributed by atoms with E-state index in [-0.39, 0.29) is 6.04 Å².